The third-order valence-electron chi connectivity index (χ3n) is 5.60. The molecule has 0 aliphatic carbocycles. The molecule has 0 radical (unpaired) electrons. The van der Waals surface area contributed by atoms with Crippen molar-refractivity contribution in [3.63, 3.8) is 0 Å². The second-order valence-electron chi connectivity index (χ2n) is 7.65. The molecular formula is C28H19ClFNO. The summed E-state index contributed by atoms with van der Waals surface area (Å²) in [6.45, 7) is 0. The monoisotopic (exact) mass is 439 g/mol. The standard InChI is InChI=1S/C28H19ClFNO/c29-21-12-10-20(11-13-21)27-25(18-19-6-2-1-3-7-19)28(32)24-8-4-5-9-26(24)31(27)23-16-14-22(30)15-17-23/h1-17H,18H2. The molecule has 0 saturated carbocycles. The molecule has 1 aromatic heterocycles. The van der Waals surface area contributed by atoms with Crippen LogP contribution in [0.15, 0.2) is 108 Å². The minimum atomic E-state index is -0.309. The van der Waals surface area contributed by atoms with Gasteiger partial charge in [0.05, 0.1) is 11.2 Å². The van der Waals surface area contributed by atoms with Crippen LogP contribution < -0.4 is 5.43 Å². The Balaban J connectivity index is 1.91. The van der Waals surface area contributed by atoms with Crippen molar-refractivity contribution < 1.29 is 4.39 Å². The minimum absolute atomic E-state index is 0.00670. The average molecular weight is 440 g/mol. The van der Waals surface area contributed by atoms with Gasteiger partial charge in [-0.1, -0.05) is 66.2 Å². The molecule has 0 atom stereocenters. The van der Waals surface area contributed by atoms with E-state index in [1.54, 1.807) is 12.1 Å². The Hall–Kier alpha value is -3.69. The Kier molecular flexibility index (Phi) is 5.34. The molecule has 0 bridgehead atoms. The van der Waals surface area contributed by atoms with E-state index in [0.29, 0.717) is 22.4 Å². The second kappa shape index (κ2) is 8.45. The number of hydrogen-bond donors (Lipinski definition) is 0. The Morgan fingerprint density at radius 3 is 2.12 bits per heavy atom. The van der Waals surface area contributed by atoms with Gasteiger partial charge in [-0.25, -0.2) is 4.39 Å². The van der Waals surface area contributed by atoms with Crippen molar-refractivity contribution >= 4 is 22.5 Å². The molecule has 1 heterocycles. The molecule has 156 valence electrons. The highest BCUT2D eigenvalue weighted by atomic mass is 35.5. The van der Waals surface area contributed by atoms with Gasteiger partial charge in [-0.3, -0.25) is 4.79 Å². The van der Waals surface area contributed by atoms with Crippen molar-refractivity contribution in [3.8, 4) is 16.9 Å². The van der Waals surface area contributed by atoms with Crippen LogP contribution in [-0.2, 0) is 6.42 Å². The molecule has 5 rings (SSSR count). The molecular weight excluding hydrogens is 421 g/mol. The van der Waals surface area contributed by atoms with E-state index in [0.717, 1.165) is 28.0 Å². The zero-order chi connectivity index (χ0) is 22.1. The maximum atomic E-state index is 13.7. The van der Waals surface area contributed by atoms with Gasteiger partial charge >= 0.3 is 0 Å². The van der Waals surface area contributed by atoms with Gasteiger partial charge in [0.25, 0.3) is 0 Å². The van der Waals surface area contributed by atoms with E-state index < -0.39 is 0 Å². The first-order chi connectivity index (χ1) is 15.6. The lowest BCUT2D eigenvalue weighted by Gasteiger charge is -2.21. The number of nitrogens with zero attached hydrogens (tertiary/aromatic N) is 1. The first kappa shape index (κ1) is 20.2. The number of fused-ring (bicyclic) bond motifs is 1. The average Bonchev–Trinajstić information content (AvgIpc) is 2.83. The van der Waals surface area contributed by atoms with Crippen LogP contribution in [0.4, 0.5) is 4.39 Å². The van der Waals surface area contributed by atoms with E-state index in [2.05, 4.69) is 0 Å². The van der Waals surface area contributed by atoms with E-state index in [1.807, 2.05) is 83.4 Å². The van der Waals surface area contributed by atoms with Crippen LogP contribution in [0.25, 0.3) is 27.8 Å². The quantitative estimate of drug-likeness (QED) is 0.294. The molecule has 0 saturated heterocycles. The van der Waals surface area contributed by atoms with Gasteiger partial charge in [0, 0.05) is 28.1 Å². The highest BCUT2D eigenvalue weighted by molar-refractivity contribution is 6.30. The van der Waals surface area contributed by atoms with Crippen LogP contribution in [0.5, 0.6) is 0 Å². The van der Waals surface area contributed by atoms with Gasteiger partial charge < -0.3 is 4.57 Å². The summed E-state index contributed by atoms with van der Waals surface area (Å²) in [4.78, 5) is 13.7. The van der Waals surface area contributed by atoms with Gasteiger partial charge in [0.15, 0.2) is 5.43 Å². The first-order valence-corrected chi connectivity index (χ1v) is 10.7. The number of para-hydroxylation sites is 1. The van der Waals surface area contributed by atoms with Crippen molar-refractivity contribution in [1.82, 2.24) is 4.57 Å². The van der Waals surface area contributed by atoms with Crippen molar-refractivity contribution in [3.05, 3.63) is 135 Å². The molecule has 5 aromatic rings. The number of halogens is 2. The Bertz CT molecular complexity index is 1460. The van der Waals surface area contributed by atoms with Crippen molar-refractivity contribution in [1.29, 1.82) is 0 Å². The van der Waals surface area contributed by atoms with Crippen molar-refractivity contribution in [2.24, 2.45) is 0 Å². The van der Waals surface area contributed by atoms with Crippen molar-refractivity contribution in [2.45, 2.75) is 6.42 Å². The largest absolute Gasteiger partial charge is 0.309 e. The highest BCUT2D eigenvalue weighted by Crippen LogP contribution is 2.32. The van der Waals surface area contributed by atoms with Crippen LogP contribution in [0.3, 0.4) is 0 Å². The highest BCUT2D eigenvalue weighted by Gasteiger charge is 2.20. The normalized spacial score (nSPS) is 11.1. The van der Waals surface area contributed by atoms with Crippen LogP contribution in [0.2, 0.25) is 5.02 Å². The van der Waals surface area contributed by atoms with Gasteiger partial charge in [-0.05, 0) is 59.7 Å². The van der Waals surface area contributed by atoms with E-state index in [-0.39, 0.29) is 11.2 Å². The molecule has 0 N–H and O–H groups in total. The number of hydrogen-bond acceptors (Lipinski definition) is 1. The fraction of sp³-hybridized carbons (Fsp3) is 0.0357. The van der Waals surface area contributed by atoms with Gasteiger partial charge in [-0.2, -0.15) is 0 Å². The summed E-state index contributed by atoms with van der Waals surface area (Å²) in [5.74, 6) is -0.309. The summed E-state index contributed by atoms with van der Waals surface area (Å²) in [7, 11) is 0. The molecule has 0 aliphatic heterocycles. The topological polar surface area (TPSA) is 22.0 Å². The van der Waals surface area contributed by atoms with Crippen LogP contribution in [0.1, 0.15) is 11.1 Å². The number of rotatable bonds is 4. The molecule has 4 aromatic carbocycles. The van der Waals surface area contributed by atoms with E-state index in [9.17, 15) is 9.18 Å². The predicted octanol–water partition coefficient (Wildman–Crippen LogP) is 7.04. The molecule has 32 heavy (non-hydrogen) atoms. The van der Waals surface area contributed by atoms with Crippen LogP contribution in [-0.4, -0.2) is 4.57 Å². The summed E-state index contributed by atoms with van der Waals surface area (Å²) in [6, 6.07) is 31.3. The van der Waals surface area contributed by atoms with Gasteiger partial charge in [0.2, 0.25) is 0 Å². The van der Waals surface area contributed by atoms with Gasteiger partial charge in [0.1, 0.15) is 5.82 Å². The van der Waals surface area contributed by atoms with E-state index >= 15 is 0 Å². The molecule has 0 fully saturated rings. The smallest absolute Gasteiger partial charge is 0.193 e. The maximum absolute atomic E-state index is 13.7. The molecule has 0 aliphatic rings. The molecule has 0 unspecified atom stereocenters. The third-order valence-corrected chi connectivity index (χ3v) is 5.85. The van der Waals surface area contributed by atoms with Crippen LogP contribution in [0, 0.1) is 5.82 Å². The summed E-state index contributed by atoms with van der Waals surface area (Å²) in [5, 5.41) is 1.25. The SMILES string of the molecule is O=c1c(Cc2ccccc2)c(-c2ccc(Cl)cc2)n(-c2ccc(F)cc2)c2ccccc12. The maximum Gasteiger partial charge on any atom is 0.193 e. The summed E-state index contributed by atoms with van der Waals surface area (Å²) < 4.78 is 15.8. The third kappa shape index (κ3) is 3.72. The zero-order valence-corrected chi connectivity index (χ0v) is 17.9. The summed E-state index contributed by atoms with van der Waals surface area (Å²) >= 11 is 6.16. The lowest BCUT2D eigenvalue weighted by Crippen LogP contribution is -2.18. The van der Waals surface area contributed by atoms with E-state index in [4.69, 9.17) is 11.6 Å². The molecule has 0 amide bonds. The molecule has 0 spiro atoms. The first-order valence-electron chi connectivity index (χ1n) is 10.3. The lowest BCUT2D eigenvalue weighted by molar-refractivity contribution is 0.627. The van der Waals surface area contributed by atoms with E-state index in [1.165, 1.54) is 12.1 Å². The van der Waals surface area contributed by atoms with Crippen molar-refractivity contribution in [2.75, 3.05) is 0 Å². The fourth-order valence-electron chi connectivity index (χ4n) is 4.12. The Morgan fingerprint density at radius 2 is 1.41 bits per heavy atom. The lowest BCUT2D eigenvalue weighted by atomic mass is 9.96. The summed E-state index contributed by atoms with van der Waals surface area (Å²) in [5.41, 5.74) is 4.91. The zero-order valence-electron chi connectivity index (χ0n) is 17.1. The predicted molar refractivity (Wildman–Crippen MR) is 129 cm³/mol. The minimum Gasteiger partial charge on any atom is -0.309 e. The number of aromatic nitrogens is 1. The Labute approximate surface area is 190 Å². The molecule has 2 nitrogen and oxygen atoms in total. The van der Waals surface area contributed by atoms with Crippen LogP contribution >= 0.6 is 11.6 Å². The molecule has 4 heteroatoms. The van der Waals surface area contributed by atoms with Gasteiger partial charge in [-0.15, -0.1) is 0 Å². The second-order valence-corrected chi connectivity index (χ2v) is 8.09. The fourth-order valence-corrected chi connectivity index (χ4v) is 4.25. The number of benzene rings is 4. The summed E-state index contributed by atoms with van der Waals surface area (Å²) in [6.07, 6.45) is 0.476. The Morgan fingerprint density at radius 1 is 0.750 bits per heavy atom. The number of pyridine rings is 1.